The largest absolute Gasteiger partial charge is 0.481 e. The Kier molecular flexibility index (Phi) is 6.93. The number of ether oxygens (including phenoxy) is 1. The molecule has 1 aromatic carbocycles. The molecule has 0 aliphatic rings. The van der Waals surface area contributed by atoms with Crippen molar-refractivity contribution >= 4 is 21.5 Å². The van der Waals surface area contributed by atoms with Crippen LogP contribution in [0.15, 0.2) is 24.3 Å². The second-order valence-electron chi connectivity index (χ2n) is 4.58. The summed E-state index contributed by atoms with van der Waals surface area (Å²) in [6.07, 6.45) is 0.0955. The lowest BCUT2D eigenvalue weighted by molar-refractivity contribution is -0.384. The van der Waals surface area contributed by atoms with Gasteiger partial charge in [-0.3, -0.25) is 14.9 Å². The van der Waals surface area contributed by atoms with E-state index in [9.17, 15) is 23.3 Å². The van der Waals surface area contributed by atoms with Gasteiger partial charge in [0.2, 0.25) is 0 Å². The number of carboxylic acid groups (broad SMARTS) is 1. The van der Waals surface area contributed by atoms with E-state index in [1.165, 1.54) is 12.1 Å². The highest BCUT2D eigenvalue weighted by molar-refractivity contribution is 7.91. The molecule has 0 bridgehead atoms. The van der Waals surface area contributed by atoms with Gasteiger partial charge in [0, 0.05) is 12.1 Å². The van der Waals surface area contributed by atoms with E-state index in [0.717, 1.165) is 5.56 Å². The van der Waals surface area contributed by atoms with Gasteiger partial charge in [0.05, 0.1) is 36.1 Å². The number of carbonyl (C=O) groups is 1. The predicted molar refractivity (Wildman–Crippen MR) is 78.5 cm³/mol. The molecular formula is C13H17NO7S. The van der Waals surface area contributed by atoms with E-state index >= 15 is 0 Å². The minimum Gasteiger partial charge on any atom is -0.481 e. The van der Waals surface area contributed by atoms with Gasteiger partial charge in [0.25, 0.3) is 5.69 Å². The van der Waals surface area contributed by atoms with Crippen molar-refractivity contribution in [1.82, 2.24) is 0 Å². The molecule has 0 aliphatic heterocycles. The van der Waals surface area contributed by atoms with Gasteiger partial charge in [-0.1, -0.05) is 12.1 Å². The van der Waals surface area contributed by atoms with Crippen LogP contribution in [0.3, 0.4) is 0 Å². The lowest BCUT2D eigenvalue weighted by atomic mass is 10.1. The molecular weight excluding hydrogens is 314 g/mol. The Labute approximate surface area is 127 Å². The van der Waals surface area contributed by atoms with Gasteiger partial charge in [-0.15, -0.1) is 0 Å². The molecule has 8 nitrogen and oxygen atoms in total. The second-order valence-corrected chi connectivity index (χ2v) is 6.89. The molecule has 0 fully saturated rings. The molecule has 0 aromatic heterocycles. The highest BCUT2D eigenvalue weighted by atomic mass is 32.2. The first kappa shape index (κ1) is 18.1. The molecule has 0 saturated carbocycles. The average Bonchev–Trinajstić information content (AvgIpc) is 2.45. The molecule has 1 rings (SSSR count). The van der Waals surface area contributed by atoms with Crippen molar-refractivity contribution in [1.29, 1.82) is 0 Å². The lowest BCUT2D eigenvalue weighted by Crippen LogP contribution is -2.18. The van der Waals surface area contributed by atoms with Crippen LogP contribution in [0.4, 0.5) is 5.69 Å². The summed E-state index contributed by atoms with van der Waals surface area (Å²) >= 11 is 0. The third kappa shape index (κ3) is 7.14. The van der Waals surface area contributed by atoms with Gasteiger partial charge < -0.3 is 9.84 Å². The molecule has 0 heterocycles. The highest BCUT2D eigenvalue weighted by Crippen LogP contribution is 2.12. The summed E-state index contributed by atoms with van der Waals surface area (Å²) in [4.78, 5) is 20.3. The summed E-state index contributed by atoms with van der Waals surface area (Å²) in [5.74, 6) is -1.77. The van der Waals surface area contributed by atoms with Crippen molar-refractivity contribution < 1.29 is 28.0 Å². The lowest BCUT2D eigenvalue weighted by Gasteiger charge is -2.05. The SMILES string of the molecule is O=C(O)CCS(=O)(=O)CCOCCc1ccc([N+](=O)[O-])cc1. The van der Waals surface area contributed by atoms with E-state index in [4.69, 9.17) is 9.84 Å². The van der Waals surface area contributed by atoms with Crippen LogP contribution >= 0.6 is 0 Å². The standard InChI is InChI=1S/C13H17NO7S/c15-13(16)6-9-22(19,20)10-8-21-7-5-11-1-3-12(4-2-11)14(17)18/h1-4H,5-10H2,(H,15,16). The summed E-state index contributed by atoms with van der Waals surface area (Å²) in [5, 5.41) is 18.9. The number of nitro benzene ring substituents is 1. The van der Waals surface area contributed by atoms with Crippen molar-refractivity contribution in [2.75, 3.05) is 24.7 Å². The average molecular weight is 331 g/mol. The molecule has 0 atom stereocenters. The summed E-state index contributed by atoms with van der Waals surface area (Å²) < 4.78 is 28.1. The van der Waals surface area contributed by atoms with E-state index in [1.54, 1.807) is 12.1 Å². The minimum atomic E-state index is -3.42. The molecule has 1 aromatic rings. The fraction of sp³-hybridized carbons (Fsp3) is 0.462. The summed E-state index contributed by atoms with van der Waals surface area (Å²) in [6, 6.07) is 6.02. The number of nitrogens with zero attached hydrogens (tertiary/aromatic N) is 1. The van der Waals surface area contributed by atoms with E-state index in [2.05, 4.69) is 0 Å². The number of aliphatic carboxylic acids is 1. The number of carboxylic acids is 1. The van der Waals surface area contributed by atoms with Crippen molar-refractivity contribution in [3.05, 3.63) is 39.9 Å². The second kappa shape index (κ2) is 8.44. The molecule has 0 radical (unpaired) electrons. The summed E-state index contributed by atoms with van der Waals surface area (Å²) in [6.45, 7) is 0.279. The molecule has 0 amide bonds. The molecule has 9 heteroatoms. The number of rotatable bonds is 10. The third-order valence-electron chi connectivity index (χ3n) is 2.85. The van der Waals surface area contributed by atoms with Gasteiger partial charge in [0.1, 0.15) is 0 Å². The predicted octanol–water partition coefficient (Wildman–Crippen LogP) is 1.04. The zero-order valence-electron chi connectivity index (χ0n) is 11.8. The topological polar surface area (TPSA) is 124 Å². The first-order valence-electron chi connectivity index (χ1n) is 6.53. The maximum Gasteiger partial charge on any atom is 0.304 e. The van der Waals surface area contributed by atoms with Gasteiger partial charge >= 0.3 is 5.97 Å². The van der Waals surface area contributed by atoms with Crippen LogP contribution in [0.5, 0.6) is 0 Å². The molecule has 122 valence electrons. The van der Waals surface area contributed by atoms with Gasteiger partial charge in [0.15, 0.2) is 9.84 Å². The van der Waals surface area contributed by atoms with E-state index in [1.807, 2.05) is 0 Å². The molecule has 0 saturated heterocycles. The Morgan fingerprint density at radius 3 is 2.36 bits per heavy atom. The van der Waals surface area contributed by atoms with E-state index in [-0.39, 0.29) is 24.7 Å². The van der Waals surface area contributed by atoms with Crippen molar-refractivity contribution in [3.8, 4) is 0 Å². The Balaban J connectivity index is 2.25. The van der Waals surface area contributed by atoms with Crippen LogP contribution in [-0.4, -0.2) is 49.1 Å². The fourth-order valence-electron chi connectivity index (χ4n) is 1.61. The van der Waals surface area contributed by atoms with Crippen molar-refractivity contribution in [2.45, 2.75) is 12.8 Å². The Morgan fingerprint density at radius 2 is 1.82 bits per heavy atom. The molecule has 1 N–H and O–H groups in total. The third-order valence-corrected chi connectivity index (χ3v) is 4.46. The molecule has 22 heavy (non-hydrogen) atoms. The maximum absolute atomic E-state index is 11.5. The summed E-state index contributed by atoms with van der Waals surface area (Å²) in [7, 11) is -3.42. The fourth-order valence-corrected chi connectivity index (χ4v) is 2.67. The van der Waals surface area contributed by atoms with Gasteiger partial charge in [-0.05, 0) is 12.0 Å². The zero-order chi connectivity index (χ0) is 16.6. The number of non-ortho nitro benzene ring substituents is 1. The Morgan fingerprint density at radius 1 is 1.18 bits per heavy atom. The van der Waals surface area contributed by atoms with Crippen LogP contribution < -0.4 is 0 Å². The first-order chi connectivity index (χ1) is 10.3. The number of nitro groups is 1. The number of benzene rings is 1. The minimum absolute atomic E-state index is 0.00503. The molecule has 0 spiro atoms. The first-order valence-corrected chi connectivity index (χ1v) is 8.35. The molecule has 0 aliphatic carbocycles. The Bertz CT molecular complexity index is 610. The monoisotopic (exact) mass is 331 g/mol. The molecule has 0 unspecified atom stereocenters. The quantitative estimate of drug-likeness (QED) is 0.386. The van der Waals surface area contributed by atoms with Gasteiger partial charge in [-0.2, -0.15) is 0 Å². The van der Waals surface area contributed by atoms with Gasteiger partial charge in [-0.25, -0.2) is 8.42 Å². The van der Waals surface area contributed by atoms with Crippen molar-refractivity contribution in [2.24, 2.45) is 0 Å². The normalized spacial score (nSPS) is 11.3. The number of hydrogen-bond donors (Lipinski definition) is 1. The Hall–Kier alpha value is -2.00. The smallest absolute Gasteiger partial charge is 0.304 e. The van der Waals surface area contributed by atoms with Crippen molar-refractivity contribution in [3.63, 3.8) is 0 Å². The summed E-state index contributed by atoms with van der Waals surface area (Å²) in [5.41, 5.74) is 0.855. The van der Waals surface area contributed by atoms with Crippen LogP contribution in [0.1, 0.15) is 12.0 Å². The number of hydrogen-bond acceptors (Lipinski definition) is 6. The number of sulfone groups is 1. The zero-order valence-corrected chi connectivity index (χ0v) is 12.6. The van der Waals surface area contributed by atoms with Crippen LogP contribution in [0, 0.1) is 10.1 Å². The van der Waals surface area contributed by atoms with Crippen LogP contribution in [0.2, 0.25) is 0 Å². The van der Waals surface area contributed by atoms with Crippen LogP contribution in [0.25, 0.3) is 0 Å². The van der Waals surface area contributed by atoms with Crippen LogP contribution in [-0.2, 0) is 25.8 Å². The maximum atomic E-state index is 11.5. The van der Waals surface area contributed by atoms with E-state index in [0.29, 0.717) is 6.42 Å². The highest BCUT2D eigenvalue weighted by Gasteiger charge is 2.12. The van der Waals surface area contributed by atoms with E-state index < -0.39 is 32.9 Å².